The SMILES string of the molecule is CCC(C)(COCC1(F)C=C(F)C(F)(F)OC1(F)F)C(F)(F)F. The third-order valence-corrected chi connectivity index (χ3v) is 3.57. The summed E-state index contributed by atoms with van der Waals surface area (Å²) >= 11 is 0. The van der Waals surface area contributed by atoms with E-state index in [0.717, 1.165) is 6.92 Å². The third kappa shape index (κ3) is 3.76. The molecule has 0 radical (unpaired) electrons. The topological polar surface area (TPSA) is 18.5 Å². The summed E-state index contributed by atoms with van der Waals surface area (Å²) in [5, 5.41) is 0. The van der Waals surface area contributed by atoms with Gasteiger partial charge < -0.3 is 4.74 Å². The number of rotatable bonds is 5. The molecule has 0 aromatic heterocycles. The number of hydrogen-bond acceptors (Lipinski definition) is 2. The minimum Gasteiger partial charge on any atom is -0.376 e. The fourth-order valence-corrected chi connectivity index (χ4v) is 1.60. The zero-order valence-electron chi connectivity index (χ0n) is 11.9. The molecule has 2 atom stereocenters. The van der Waals surface area contributed by atoms with Crippen molar-refractivity contribution in [3.05, 3.63) is 11.9 Å². The van der Waals surface area contributed by atoms with E-state index in [4.69, 9.17) is 0 Å². The van der Waals surface area contributed by atoms with Crippen LogP contribution in [0.4, 0.5) is 39.5 Å². The lowest BCUT2D eigenvalue weighted by Gasteiger charge is -2.37. The molecule has 2 nitrogen and oxygen atoms in total. The standard InChI is InChI=1S/C12H13F9O2/c1-3-8(2,11(17,18)19)5-22-6-9(14)4-7(13)10(15,16)23-12(9,20)21/h4H,3,5-6H2,1-2H3. The monoisotopic (exact) mass is 360 g/mol. The maximum Gasteiger partial charge on any atom is 0.413 e. The molecule has 2 unspecified atom stereocenters. The molecule has 1 aliphatic rings. The van der Waals surface area contributed by atoms with Crippen LogP contribution in [-0.4, -0.2) is 37.3 Å². The van der Waals surface area contributed by atoms with Crippen LogP contribution in [0.15, 0.2) is 11.9 Å². The molecular formula is C12H13F9O2. The first-order chi connectivity index (χ1) is 10.1. The van der Waals surface area contributed by atoms with E-state index in [9.17, 15) is 39.5 Å². The van der Waals surface area contributed by atoms with E-state index in [1.54, 1.807) is 0 Å². The first-order valence-corrected chi connectivity index (χ1v) is 6.28. The molecule has 23 heavy (non-hydrogen) atoms. The van der Waals surface area contributed by atoms with Crippen molar-refractivity contribution in [3.8, 4) is 0 Å². The molecule has 0 spiro atoms. The van der Waals surface area contributed by atoms with Gasteiger partial charge in [-0.05, 0) is 13.3 Å². The van der Waals surface area contributed by atoms with Crippen LogP contribution < -0.4 is 0 Å². The summed E-state index contributed by atoms with van der Waals surface area (Å²) in [6.45, 7) is -1.17. The number of alkyl halides is 8. The quantitative estimate of drug-likeness (QED) is 0.659. The second kappa shape index (κ2) is 5.83. The van der Waals surface area contributed by atoms with Crippen molar-refractivity contribution in [1.82, 2.24) is 0 Å². The highest BCUT2D eigenvalue weighted by Crippen LogP contribution is 2.48. The van der Waals surface area contributed by atoms with Gasteiger partial charge in [-0.15, -0.1) is 0 Å². The van der Waals surface area contributed by atoms with E-state index in [-0.39, 0.29) is 0 Å². The Kier molecular flexibility index (Phi) is 5.09. The summed E-state index contributed by atoms with van der Waals surface area (Å²) in [7, 11) is 0. The zero-order chi connectivity index (χ0) is 18.3. The van der Waals surface area contributed by atoms with Crippen LogP contribution >= 0.6 is 0 Å². The Hall–Kier alpha value is -0.970. The Labute approximate surface area is 125 Å². The summed E-state index contributed by atoms with van der Waals surface area (Å²) < 4.78 is 124. The zero-order valence-corrected chi connectivity index (χ0v) is 11.9. The average molecular weight is 360 g/mol. The van der Waals surface area contributed by atoms with Crippen molar-refractivity contribution in [2.24, 2.45) is 5.41 Å². The van der Waals surface area contributed by atoms with E-state index in [1.165, 1.54) is 0 Å². The molecule has 1 rings (SSSR count). The second-order valence-electron chi connectivity index (χ2n) is 5.40. The van der Waals surface area contributed by atoms with Gasteiger partial charge in [0.05, 0.1) is 18.6 Å². The van der Waals surface area contributed by atoms with Gasteiger partial charge in [0.25, 0.3) is 0 Å². The van der Waals surface area contributed by atoms with Gasteiger partial charge in [0.1, 0.15) is 0 Å². The van der Waals surface area contributed by atoms with Crippen LogP contribution in [-0.2, 0) is 9.47 Å². The molecule has 0 saturated heterocycles. The van der Waals surface area contributed by atoms with Crippen molar-refractivity contribution >= 4 is 0 Å². The van der Waals surface area contributed by atoms with Gasteiger partial charge in [0, 0.05) is 6.08 Å². The van der Waals surface area contributed by atoms with Crippen molar-refractivity contribution < 1.29 is 49.0 Å². The highest BCUT2D eigenvalue weighted by Gasteiger charge is 2.66. The predicted octanol–water partition coefficient (Wildman–Crippen LogP) is 4.76. The van der Waals surface area contributed by atoms with E-state index in [1.807, 2.05) is 0 Å². The Morgan fingerprint density at radius 2 is 1.65 bits per heavy atom. The Morgan fingerprint density at radius 1 is 1.13 bits per heavy atom. The lowest BCUT2D eigenvalue weighted by molar-refractivity contribution is -0.408. The third-order valence-electron chi connectivity index (χ3n) is 3.57. The van der Waals surface area contributed by atoms with Crippen molar-refractivity contribution in [2.45, 2.75) is 44.3 Å². The first kappa shape index (κ1) is 20.1. The molecule has 1 heterocycles. The number of halogens is 9. The van der Waals surface area contributed by atoms with Gasteiger partial charge in [-0.3, -0.25) is 0 Å². The predicted molar refractivity (Wildman–Crippen MR) is 59.3 cm³/mol. The van der Waals surface area contributed by atoms with Gasteiger partial charge in [-0.2, -0.15) is 30.7 Å². The summed E-state index contributed by atoms with van der Waals surface area (Å²) in [6.07, 6.45) is -16.3. The van der Waals surface area contributed by atoms with Crippen LogP contribution in [0.25, 0.3) is 0 Å². The Bertz CT molecular complexity index is 474. The van der Waals surface area contributed by atoms with Gasteiger partial charge in [-0.1, -0.05) is 6.92 Å². The largest absolute Gasteiger partial charge is 0.413 e. The normalized spacial score (nSPS) is 29.8. The molecule has 0 aliphatic carbocycles. The lowest BCUT2D eigenvalue weighted by atomic mass is 9.88. The van der Waals surface area contributed by atoms with Crippen molar-refractivity contribution in [1.29, 1.82) is 0 Å². The van der Waals surface area contributed by atoms with Gasteiger partial charge in [0.15, 0.2) is 5.83 Å². The molecule has 0 saturated carbocycles. The van der Waals surface area contributed by atoms with Crippen LogP contribution in [0.3, 0.4) is 0 Å². The average Bonchev–Trinajstić information content (AvgIpc) is 2.34. The lowest BCUT2D eigenvalue weighted by Crippen LogP contribution is -2.55. The van der Waals surface area contributed by atoms with Crippen molar-refractivity contribution in [3.63, 3.8) is 0 Å². The minimum atomic E-state index is -5.19. The van der Waals surface area contributed by atoms with E-state index in [0.29, 0.717) is 6.92 Å². The summed E-state index contributed by atoms with van der Waals surface area (Å²) in [6, 6.07) is 0. The summed E-state index contributed by atoms with van der Waals surface area (Å²) in [5.74, 6) is -2.62. The Morgan fingerprint density at radius 3 is 2.09 bits per heavy atom. The van der Waals surface area contributed by atoms with E-state index >= 15 is 0 Å². The van der Waals surface area contributed by atoms with Crippen molar-refractivity contribution in [2.75, 3.05) is 13.2 Å². The molecule has 0 aromatic carbocycles. The molecule has 136 valence electrons. The van der Waals surface area contributed by atoms with Gasteiger partial charge in [0.2, 0.25) is 5.67 Å². The van der Waals surface area contributed by atoms with Crippen LogP contribution in [0.5, 0.6) is 0 Å². The molecule has 1 aliphatic heterocycles. The highest BCUT2D eigenvalue weighted by molar-refractivity contribution is 5.18. The van der Waals surface area contributed by atoms with Crippen LogP contribution in [0.2, 0.25) is 0 Å². The number of ether oxygens (including phenoxy) is 2. The molecule has 0 amide bonds. The van der Waals surface area contributed by atoms with Crippen LogP contribution in [0.1, 0.15) is 20.3 Å². The molecule has 0 aromatic rings. The first-order valence-electron chi connectivity index (χ1n) is 6.28. The second-order valence-corrected chi connectivity index (χ2v) is 5.40. The fourth-order valence-electron chi connectivity index (χ4n) is 1.60. The summed E-state index contributed by atoms with van der Waals surface area (Å²) in [5.41, 5.74) is -6.64. The van der Waals surface area contributed by atoms with Gasteiger partial charge >= 0.3 is 18.4 Å². The molecular weight excluding hydrogens is 347 g/mol. The van der Waals surface area contributed by atoms with Gasteiger partial charge in [-0.25, -0.2) is 13.5 Å². The highest BCUT2D eigenvalue weighted by atomic mass is 19.4. The maximum absolute atomic E-state index is 14.0. The molecule has 0 bridgehead atoms. The molecule has 0 fully saturated rings. The smallest absolute Gasteiger partial charge is 0.376 e. The Balaban J connectivity index is 2.90. The van der Waals surface area contributed by atoms with E-state index in [2.05, 4.69) is 9.47 Å². The van der Waals surface area contributed by atoms with Crippen LogP contribution in [0, 0.1) is 5.41 Å². The maximum atomic E-state index is 14.0. The summed E-state index contributed by atoms with van der Waals surface area (Å²) in [4.78, 5) is 0. The fraction of sp³-hybridized carbons (Fsp3) is 0.833. The number of hydrogen-bond donors (Lipinski definition) is 0. The molecule has 0 N–H and O–H groups in total. The minimum absolute atomic E-state index is 0.509. The molecule has 11 heteroatoms. The van der Waals surface area contributed by atoms with E-state index < -0.39 is 61.0 Å².